The van der Waals surface area contributed by atoms with Crippen LogP contribution in [0.4, 0.5) is 4.39 Å². The van der Waals surface area contributed by atoms with Gasteiger partial charge in [-0.25, -0.2) is 18.4 Å². The second kappa shape index (κ2) is 8.54. The maximum Gasteiger partial charge on any atom is 0.446 e. The van der Waals surface area contributed by atoms with Gasteiger partial charge in [0.15, 0.2) is 10.7 Å². The van der Waals surface area contributed by atoms with Crippen molar-refractivity contribution in [1.29, 1.82) is 0 Å². The maximum atomic E-state index is 13.5. The molecule has 0 saturated heterocycles. The van der Waals surface area contributed by atoms with Crippen LogP contribution in [0.2, 0.25) is 5.02 Å². The Kier molecular flexibility index (Phi) is 5.67. The predicted octanol–water partition coefficient (Wildman–Crippen LogP) is 1.94. The van der Waals surface area contributed by atoms with Gasteiger partial charge in [-0.1, -0.05) is 16.8 Å². The highest BCUT2D eigenvalue weighted by molar-refractivity contribution is 7.99. The summed E-state index contributed by atoms with van der Waals surface area (Å²) < 4.78 is 24.0. The van der Waals surface area contributed by atoms with Crippen molar-refractivity contribution in [3.63, 3.8) is 0 Å². The number of tetrazole rings is 1. The molecular formula is C15H10ClFN8O4S. The van der Waals surface area contributed by atoms with Crippen LogP contribution in [0.25, 0.3) is 17.2 Å². The molecule has 0 radical (unpaired) electrons. The van der Waals surface area contributed by atoms with Crippen molar-refractivity contribution in [2.75, 3.05) is 5.75 Å². The molecular weight excluding hydrogens is 443 g/mol. The lowest BCUT2D eigenvalue weighted by Gasteiger charge is -2.04. The highest BCUT2D eigenvalue weighted by Gasteiger charge is 2.23. The Balaban J connectivity index is 1.50. The summed E-state index contributed by atoms with van der Waals surface area (Å²) in [7, 11) is 0. The summed E-state index contributed by atoms with van der Waals surface area (Å²) in [5, 5.41) is 24.3. The van der Waals surface area contributed by atoms with Crippen LogP contribution in [0.3, 0.4) is 0 Å². The van der Waals surface area contributed by atoms with Crippen LogP contribution in [0, 0.1) is 5.82 Å². The Hall–Kier alpha value is -3.39. The number of carbonyl (C=O) groups excluding carboxylic acids is 1. The number of ketones is 1. The van der Waals surface area contributed by atoms with Gasteiger partial charge in [0, 0.05) is 12.2 Å². The first-order chi connectivity index (χ1) is 14.5. The third-order valence-corrected chi connectivity index (χ3v) is 5.14. The molecule has 1 N–H and O–H groups in total. The molecule has 0 amide bonds. The van der Waals surface area contributed by atoms with Gasteiger partial charge in [0.1, 0.15) is 5.82 Å². The molecule has 12 nitrogen and oxygen atoms in total. The molecule has 0 atom stereocenters. The highest BCUT2D eigenvalue weighted by atomic mass is 35.5. The van der Waals surface area contributed by atoms with Gasteiger partial charge in [-0.15, -0.1) is 22.0 Å². The van der Waals surface area contributed by atoms with Crippen molar-refractivity contribution in [2.24, 2.45) is 0 Å². The van der Waals surface area contributed by atoms with Gasteiger partial charge in [-0.05, 0) is 40.1 Å². The van der Waals surface area contributed by atoms with Gasteiger partial charge >= 0.3 is 5.76 Å². The summed E-state index contributed by atoms with van der Waals surface area (Å²) in [6.07, 6.45) is 0.694. The van der Waals surface area contributed by atoms with Crippen molar-refractivity contribution in [3.05, 3.63) is 45.4 Å². The Bertz CT molecular complexity index is 1240. The lowest BCUT2D eigenvalue weighted by Crippen LogP contribution is -2.13. The van der Waals surface area contributed by atoms with Crippen LogP contribution >= 0.6 is 23.4 Å². The first-order valence-corrected chi connectivity index (χ1v) is 9.67. The molecule has 3 aromatic heterocycles. The predicted molar refractivity (Wildman–Crippen MR) is 98.8 cm³/mol. The number of benzene rings is 1. The normalized spacial score (nSPS) is 11.1. The van der Waals surface area contributed by atoms with E-state index >= 15 is 0 Å². The summed E-state index contributed by atoms with van der Waals surface area (Å²) in [6, 6.07) is 3.70. The van der Waals surface area contributed by atoms with E-state index in [2.05, 4.69) is 36.1 Å². The first-order valence-electron chi connectivity index (χ1n) is 8.31. The topological polar surface area (TPSA) is 158 Å². The average molecular weight is 453 g/mol. The third kappa shape index (κ3) is 3.99. The summed E-state index contributed by atoms with van der Waals surface area (Å²) in [6.45, 7) is 0. The molecule has 0 fully saturated rings. The van der Waals surface area contributed by atoms with Crippen molar-refractivity contribution >= 4 is 29.1 Å². The van der Waals surface area contributed by atoms with E-state index in [0.717, 1.165) is 10.6 Å². The van der Waals surface area contributed by atoms with E-state index in [-0.39, 0.29) is 40.3 Å². The van der Waals surface area contributed by atoms with Gasteiger partial charge in [-0.3, -0.25) is 9.32 Å². The second-order valence-electron chi connectivity index (χ2n) is 5.73. The van der Waals surface area contributed by atoms with E-state index in [1.807, 2.05) is 0 Å². The van der Waals surface area contributed by atoms with Gasteiger partial charge in [-0.2, -0.15) is 5.21 Å². The number of carbonyl (C=O) groups is 1. The fourth-order valence-corrected chi connectivity index (χ4v) is 3.46. The summed E-state index contributed by atoms with van der Waals surface area (Å²) in [4.78, 5) is 24.0. The lowest BCUT2D eigenvalue weighted by molar-refractivity contribution is 0.0972. The van der Waals surface area contributed by atoms with Crippen LogP contribution in [-0.2, 0) is 0 Å². The molecule has 0 spiro atoms. The van der Waals surface area contributed by atoms with Crippen molar-refractivity contribution < 1.29 is 18.3 Å². The van der Waals surface area contributed by atoms with Crippen LogP contribution in [0.1, 0.15) is 23.5 Å². The third-order valence-electron chi connectivity index (χ3n) is 3.82. The SMILES string of the molecule is O=C(CCCSc1nonc1-c1noc(=O)n1-c1ccc(F)c(Cl)c1)c1nn[nH]n1. The minimum Gasteiger partial charge on any atom is -0.295 e. The number of nitrogens with one attached hydrogen (secondary N) is 1. The Labute approximate surface area is 174 Å². The molecule has 4 aromatic rings. The quantitative estimate of drug-likeness (QED) is 0.236. The van der Waals surface area contributed by atoms with Gasteiger partial charge < -0.3 is 0 Å². The molecule has 3 heterocycles. The number of thioether (sulfide) groups is 1. The Morgan fingerprint density at radius 2 is 2.17 bits per heavy atom. The zero-order chi connectivity index (χ0) is 21.1. The first kappa shape index (κ1) is 19.9. The van der Waals surface area contributed by atoms with E-state index in [4.69, 9.17) is 20.8 Å². The van der Waals surface area contributed by atoms with E-state index < -0.39 is 11.6 Å². The van der Waals surface area contributed by atoms with Gasteiger partial charge in [0.05, 0.1) is 10.7 Å². The van der Waals surface area contributed by atoms with Crippen LogP contribution < -0.4 is 5.76 Å². The molecule has 0 aliphatic heterocycles. The van der Waals surface area contributed by atoms with E-state index in [0.29, 0.717) is 17.2 Å². The summed E-state index contributed by atoms with van der Waals surface area (Å²) in [5.74, 6) is -1.20. The number of hydrogen-bond donors (Lipinski definition) is 1. The highest BCUT2D eigenvalue weighted by Crippen LogP contribution is 2.29. The monoisotopic (exact) mass is 452 g/mol. The van der Waals surface area contributed by atoms with Crippen molar-refractivity contribution in [3.8, 4) is 17.2 Å². The van der Waals surface area contributed by atoms with E-state index in [1.54, 1.807) is 0 Å². The molecule has 0 aliphatic rings. The number of rotatable bonds is 8. The number of halogens is 2. The van der Waals surface area contributed by atoms with E-state index in [1.165, 1.54) is 23.9 Å². The largest absolute Gasteiger partial charge is 0.446 e. The number of aromatic amines is 1. The smallest absolute Gasteiger partial charge is 0.295 e. The number of H-pyrrole nitrogens is 1. The number of nitrogens with zero attached hydrogens (tertiary/aromatic N) is 7. The molecule has 0 aliphatic carbocycles. The standard InChI is InChI=1S/C15H10ClFN8O4S/c16-8-6-7(3-4-9(8)17)25-13(21-28-15(25)27)11-14(22-29-20-11)30-5-1-2-10(26)12-18-23-24-19-12/h3-4,6H,1-2,5H2,(H,18,19,23,24). The average Bonchev–Trinajstić information content (AvgIpc) is 3.48. The number of hydrogen-bond acceptors (Lipinski definition) is 11. The van der Waals surface area contributed by atoms with Crippen molar-refractivity contribution in [1.82, 2.24) is 40.7 Å². The minimum absolute atomic E-state index is 0.00861. The molecule has 0 bridgehead atoms. The van der Waals surface area contributed by atoms with Gasteiger partial charge in [0.25, 0.3) is 0 Å². The maximum absolute atomic E-state index is 13.5. The fourth-order valence-electron chi connectivity index (χ4n) is 2.46. The molecule has 4 rings (SSSR count). The van der Waals surface area contributed by atoms with Crippen molar-refractivity contribution in [2.45, 2.75) is 17.9 Å². The minimum atomic E-state index is -0.822. The van der Waals surface area contributed by atoms with Crippen LogP contribution in [-0.4, -0.2) is 52.2 Å². The second-order valence-corrected chi connectivity index (χ2v) is 7.23. The lowest BCUT2D eigenvalue weighted by atomic mass is 10.2. The summed E-state index contributed by atoms with van der Waals surface area (Å²) >= 11 is 7.04. The molecule has 15 heteroatoms. The van der Waals surface area contributed by atoms with Gasteiger partial charge in [0.2, 0.25) is 17.4 Å². The van der Waals surface area contributed by atoms with Crippen LogP contribution in [0.5, 0.6) is 0 Å². The number of aromatic nitrogens is 8. The zero-order valence-corrected chi connectivity index (χ0v) is 16.4. The Morgan fingerprint density at radius 1 is 1.30 bits per heavy atom. The molecule has 0 saturated carbocycles. The van der Waals surface area contributed by atoms with E-state index in [9.17, 15) is 14.0 Å². The number of Topliss-reactive ketones (excluding diaryl/α,β-unsaturated/α-hetero) is 1. The fraction of sp³-hybridized carbons (Fsp3) is 0.200. The summed E-state index contributed by atoms with van der Waals surface area (Å²) in [5.41, 5.74) is 0.378. The molecule has 0 unspecified atom stereocenters. The molecule has 154 valence electrons. The van der Waals surface area contributed by atoms with Crippen LogP contribution in [0.15, 0.2) is 37.2 Å². The Morgan fingerprint density at radius 3 is 2.93 bits per heavy atom. The molecule has 30 heavy (non-hydrogen) atoms. The zero-order valence-electron chi connectivity index (χ0n) is 14.8. The molecule has 1 aromatic carbocycles.